The number of benzene rings is 1. The summed E-state index contributed by atoms with van der Waals surface area (Å²) in [5, 5.41) is 11.3. The summed E-state index contributed by atoms with van der Waals surface area (Å²) in [6.07, 6.45) is 0.194. The molecule has 0 saturated heterocycles. The number of amides is 1. The minimum Gasteiger partial charge on any atom is -0.482 e. The molecule has 0 fully saturated rings. The van der Waals surface area contributed by atoms with Crippen LogP contribution in [-0.4, -0.2) is 35.4 Å². The first-order chi connectivity index (χ1) is 10.2. The number of alkyl carbamates (subject to hydrolysis) is 1. The fourth-order valence-electron chi connectivity index (χ4n) is 1.78. The van der Waals surface area contributed by atoms with Crippen LogP contribution in [0.1, 0.15) is 33.3 Å². The van der Waals surface area contributed by atoms with Crippen molar-refractivity contribution in [2.24, 2.45) is 0 Å². The average Bonchev–Trinajstić information content (AvgIpc) is 2.35. The molecule has 0 radical (unpaired) electrons. The zero-order valence-electron chi connectivity index (χ0n) is 13.4. The molecular weight excluding hydrogens is 286 g/mol. The molecule has 0 aliphatic heterocycles. The average molecular weight is 309 g/mol. The Labute approximate surface area is 130 Å². The molecule has 0 bridgehead atoms. The van der Waals surface area contributed by atoms with Crippen molar-refractivity contribution >= 4 is 12.1 Å². The SMILES string of the molecule is C[C@H](Cc1ccc(OCC(=O)O)cc1)NC(=O)OC(C)(C)C. The van der Waals surface area contributed by atoms with E-state index in [1.54, 1.807) is 12.1 Å². The van der Waals surface area contributed by atoms with Gasteiger partial charge >= 0.3 is 12.1 Å². The highest BCUT2D eigenvalue weighted by Gasteiger charge is 2.17. The topological polar surface area (TPSA) is 84.9 Å². The van der Waals surface area contributed by atoms with E-state index in [0.717, 1.165) is 5.56 Å². The van der Waals surface area contributed by atoms with E-state index in [0.29, 0.717) is 12.2 Å². The summed E-state index contributed by atoms with van der Waals surface area (Å²) < 4.78 is 10.3. The zero-order valence-corrected chi connectivity index (χ0v) is 13.4. The van der Waals surface area contributed by atoms with Gasteiger partial charge in [0, 0.05) is 6.04 Å². The number of carbonyl (C=O) groups is 2. The Balaban J connectivity index is 2.46. The Hall–Kier alpha value is -2.24. The van der Waals surface area contributed by atoms with E-state index in [1.165, 1.54) is 0 Å². The second-order valence-electron chi connectivity index (χ2n) is 6.08. The molecule has 0 saturated carbocycles. The predicted octanol–water partition coefficient (Wildman–Crippen LogP) is 2.61. The fourth-order valence-corrected chi connectivity index (χ4v) is 1.78. The number of ether oxygens (including phenoxy) is 2. The Morgan fingerprint density at radius 2 is 1.82 bits per heavy atom. The molecule has 22 heavy (non-hydrogen) atoms. The third-order valence-corrected chi connectivity index (χ3v) is 2.59. The molecule has 0 heterocycles. The number of carboxylic acid groups (broad SMARTS) is 1. The van der Waals surface area contributed by atoms with Crippen molar-refractivity contribution in [1.29, 1.82) is 0 Å². The van der Waals surface area contributed by atoms with Gasteiger partial charge in [-0.05, 0) is 51.8 Å². The van der Waals surface area contributed by atoms with Crippen LogP contribution in [0.5, 0.6) is 5.75 Å². The molecule has 1 atom stereocenters. The number of carbonyl (C=O) groups excluding carboxylic acids is 1. The lowest BCUT2D eigenvalue weighted by Gasteiger charge is -2.22. The third-order valence-electron chi connectivity index (χ3n) is 2.59. The second kappa shape index (κ2) is 7.68. The van der Waals surface area contributed by atoms with Crippen LogP contribution in [0.25, 0.3) is 0 Å². The molecule has 1 aromatic rings. The summed E-state index contributed by atoms with van der Waals surface area (Å²) in [6.45, 7) is 6.96. The molecule has 1 amide bonds. The van der Waals surface area contributed by atoms with E-state index in [9.17, 15) is 9.59 Å². The molecule has 2 N–H and O–H groups in total. The number of carboxylic acids is 1. The van der Waals surface area contributed by atoms with Gasteiger partial charge in [0.2, 0.25) is 0 Å². The van der Waals surface area contributed by atoms with E-state index in [-0.39, 0.29) is 12.6 Å². The van der Waals surface area contributed by atoms with Crippen molar-refractivity contribution in [3.8, 4) is 5.75 Å². The normalized spacial score (nSPS) is 12.4. The van der Waals surface area contributed by atoms with Gasteiger partial charge in [-0.3, -0.25) is 0 Å². The Bertz CT molecular complexity index is 504. The molecule has 0 spiro atoms. The number of rotatable bonds is 6. The van der Waals surface area contributed by atoms with Crippen molar-refractivity contribution in [2.45, 2.75) is 45.8 Å². The van der Waals surface area contributed by atoms with Crippen LogP contribution in [0.2, 0.25) is 0 Å². The minimum atomic E-state index is -1.01. The van der Waals surface area contributed by atoms with Crippen molar-refractivity contribution in [2.75, 3.05) is 6.61 Å². The number of hydrogen-bond donors (Lipinski definition) is 2. The molecule has 1 aromatic carbocycles. The summed E-state index contributed by atoms with van der Waals surface area (Å²) in [5.74, 6) is -0.516. The number of aliphatic carboxylic acids is 1. The van der Waals surface area contributed by atoms with Crippen LogP contribution in [0, 0.1) is 0 Å². The van der Waals surface area contributed by atoms with E-state index in [2.05, 4.69) is 5.32 Å². The largest absolute Gasteiger partial charge is 0.482 e. The summed E-state index contributed by atoms with van der Waals surface area (Å²) >= 11 is 0. The van der Waals surface area contributed by atoms with E-state index in [1.807, 2.05) is 39.8 Å². The zero-order chi connectivity index (χ0) is 16.8. The standard InChI is InChI=1S/C16H23NO5/c1-11(17-15(20)22-16(2,3)4)9-12-5-7-13(8-6-12)21-10-14(18)19/h5-8,11H,9-10H2,1-4H3,(H,17,20)(H,18,19)/t11-/m1/s1. The van der Waals surface area contributed by atoms with Gasteiger partial charge < -0.3 is 19.9 Å². The number of hydrogen-bond acceptors (Lipinski definition) is 4. The maximum atomic E-state index is 11.7. The van der Waals surface area contributed by atoms with Crippen molar-refractivity contribution in [3.63, 3.8) is 0 Å². The highest BCUT2D eigenvalue weighted by atomic mass is 16.6. The minimum absolute atomic E-state index is 0.0827. The molecule has 0 aliphatic rings. The van der Waals surface area contributed by atoms with Gasteiger partial charge in [0.15, 0.2) is 6.61 Å². The van der Waals surface area contributed by atoms with E-state index >= 15 is 0 Å². The van der Waals surface area contributed by atoms with Crippen LogP contribution in [0.4, 0.5) is 4.79 Å². The van der Waals surface area contributed by atoms with E-state index < -0.39 is 17.7 Å². The maximum Gasteiger partial charge on any atom is 0.407 e. The lowest BCUT2D eigenvalue weighted by Crippen LogP contribution is -2.38. The van der Waals surface area contributed by atoms with Crippen molar-refractivity contribution in [3.05, 3.63) is 29.8 Å². The lowest BCUT2D eigenvalue weighted by atomic mass is 10.1. The molecule has 122 valence electrons. The summed E-state index contributed by atoms with van der Waals surface area (Å²) in [5.41, 5.74) is 0.485. The van der Waals surface area contributed by atoms with Crippen LogP contribution in [0.3, 0.4) is 0 Å². The van der Waals surface area contributed by atoms with Gasteiger partial charge in [-0.1, -0.05) is 12.1 Å². The first kappa shape index (κ1) is 17.8. The second-order valence-corrected chi connectivity index (χ2v) is 6.08. The van der Waals surface area contributed by atoms with Gasteiger partial charge in [-0.15, -0.1) is 0 Å². The predicted molar refractivity (Wildman–Crippen MR) is 82.1 cm³/mol. The third kappa shape index (κ3) is 7.52. The molecule has 1 rings (SSSR count). The summed E-state index contributed by atoms with van der Waals surface area (Å²) in [7, 11) is 0. The number of nitrogens with one attached hydrogen (secondary N) is 1. The lowest BCUT2D eigenvalue weighted by molar-refractivity contribution is -0.139. The molecule has 0 aromatic heterocycles. The molecule has 0 aliphatic carbocycles. The molecule has 0 unspecified atom stereocenters. The Kier molecular flexibility index (Phi) is 6.22. The van der Waals surface area contributed by atoms with Crippen LogP contribution in [-0.2, 0) is 16.0 Å². The first-order valence-electron chi connectivity index (χ1n) is 7.09. The first-order valence-corrected chi connectivity index (χ1v) is 7.09. The van der Waals surface area contributed by atoms with Crippen LogP contribution in [0.15, 0.2) is 24.3 Å². The molecule has 6 heteroatoms. The van der Waals surface area contributed by atoms with Crippen molar-refractivity contribution < 1.29 is 24.2 Å². The highest BCUT2D eigenvalue weighted by Crippen LogP contribution is 2.14. The quantitative estimate of drug-likeness (QED) is 0.843. The fraction of sp³-hybridized carbons (Fsp3) is 0.500. The summed E-state index contributed by atoms with van der Waals surface area (Å²) in [4.78, 5) is 22.1. The van der Waals surface area contributed by atoms with Gasteiger partial charge in [-0.2, -0.15) is 0 Å². The molecular formula is C16H23NO5. The van der Waals surface area contributed by atoms with Crippen molar-refractivity contribution in [1.82, 2.24) is 5.32 Å². The van der Waals surface area contributed by atoms with Gasteiger partial charge in [0.25, 0.3) is 0 Å². The van der Waals surface area contributed by atoms with Crippen LogP contribution >= 0.6 is 0 Å². The van der Waals surface area contributed by atoms with Gasteiger partial charge in [0.1, 0.15) is 11.4 Å². The smallest absolute Gasteiger partial charge is 0.407 e. The maximum absolute atomic E-state index is 11.7. The van der Waals surface area contributed by atoms with Crippen LogP contribution < -0.4 is 10.1 Å². The Morgan fingerprint density at radius 1 is 1.23 bits per heavy atom. The van der Waals surface area contributed by atoms with Gasteiger partial charge in [0.05, 0.1) is 0 Å². The van der Waals surface area contributed by atoms with E-state index in [4.69, 9.17) is 14.6 Å². The summed E-state index contributed by atoms with van der Waals surface area (Å²) in [6, 6.07) is 7.01. The van der Waals surface area contributed by atoms with Gasteiger partial charge in [-0.25, -0.2) is 9.59 Å². The molecule has 6 nitrogen and oxygen atoms in total. The highest BCUT2D eigenvalue weighted by molar-refractivity contribution is 5.68. The monoisotopic (exact) mass is 309 g/mol. The Morgan fingerprint density at radius 3 is 2.32 bits per heavy atom.